The molecule has 1 fully saturated rings. The number of hydrogen-bond donors (Lipinski definition) is 0. The van der Waals surface area contributed by atoms with Crippen molar-refractivity contribution in [1.29, 1.82) is 0 Å². The molecular formula is C22H24N4O3. The Balaban J connectivity index is 1.67. The number of nitrogens with zero attached hydrogens (tertiary/aromatic N) is 4. The van der Waals surface area contributed by atoms with Crippen molar-refractivity contribution < 1.29 is 9.47 Å². The van der Waals surface area contributed by atoms with Gasteiger partial charge < -0.3 is 14.4 Å². The lowest BCUT2D eigenvalue weighted by atomic mass is 10.1. The molecule has 29 heavy (non-hydrogen) atoms. The molecule has 0 radical (unpaired) electrons. The smallest absolute Gasteiger partial charge is 0.255 e. The van der Waals surface area contributed by atoms with Gasteiger partial charge in [-0.25, -0.2) is 4.98 Å². The maximum atomic E-state index is 12.6. The molecular weight excluding hydrogens is 368 g/mol. The number of morpholine rings is 1. The third-order valence-corrected chi connectivity index (χ3v) is 5.00. The first kappa shape index (κ1) is 19.1. The van der Waals surface area contributed by atoms with Gasteiger partial charge in [-0.15, -0.1) is 0 Å². The number of ether oxygens (including phenoxy) is 2. The Hall–Kier alpha value is -3.19. The molecule has 1 saturated heterocycles. The molecule has 3 heterocycles. The Morgan fingerprint density at radius 2 is 2.00 bits per heavy atom. The van der Waals surface area contributed by atoms with Crippen molar-refractivity contribution in [2.75, 3.05) is 31.2 Å². The molecule has 0 spiro atoms. The Morgan fingerprint density at radius 1 is 1.21 bits per heavy atom. The van der Waals surface area contributed by atoms with Gasteiger partial charge in [-0.05, 0) is 25.1 Å². The van der Waals surface area contributed by atoms with Crippen LogP contribution in [-0.2, 0) is 11.8 Å². The van der Waals surface area contributed by atoms with Crippen molar-refractivity contribution in [2.24, 2.45) is 7.05 Å². The van der Waals surface area contributed by atoms with Crippen molar-refractivity contribution in [3.8, 4) is 17.0 Å². The van der Waals surface area contributed by atoms with E-state index in [0.29, 0.717) is 37.9 Å². The van der Waals surface area contributed by atoms with Gasteiger partial charge in [0.25, 0.3) is 5.56 Å². The molecule has 2 aromatic heterocycles. The summed E-state index contributed by atoms with van der Waals surface area (Å²) in [5.41, 5.74) is 2.42. The van der Waals surface area contributed by atoms with E-state index in [4.69, 9.17) is 14.5 Å². The number of hydrogen-bond acceptors (Lipinski definition) is 6. The summed E-state index contributed by atoms with van der Waals surface area (Å²) in [6, 6.07) is 13.2. The Bertz CT molecular complexity index is 1040. The van der Waals surface area contributed by atoms with Crippen LogP contribution in [0.4, 0.5) is 5.95 Å². The van der Waals surface area contributed by atoms with Gasteiger partial charge in [-0.2, -0.15) is 0 Å². The fourth-order valence-corrected chi connectivity index (χ4v) is 3.53. The third-order valence-electron chi connectivity index (χ3n) is 5.00. The van der Waals surface area contributed by atoms with Crippen LogP contribution in [0.5, 0.6) is 5.75 Å². The number of rotatable bonds is 5. The SMILES string of the molecule is CCOc1ccccc1C1CN(c2nc(-c3ccncc3)cc(=O)n2C)CCO1. The van der Waals surface area contributed by atoms with Crippen molar-refractivity contribution in [3.05, 3.63) is 70.8 Å². The lowest BCUT2D eigenvalue weighted by Crippen LogP contribution is -2.41. The van der Waals surface area contributed by atoms with Crippen LogP contribution in [0.15, 0.2) is 59.7 Å². The monoisotopic (exact) mass is 392 g/mol. The molecule has 0 N–H and O–H groups in total. The van der Waals surface area contributed by atoms with Crippen molar-refractivity contribution in [2.45, 2.75) is 13.0 Å². The summed E-state index contributed by atoms with van der Waals surface area (Å²) in [7, 11) is 1.75. The summed E-state index contributed by atoms with van der Waals surface area (Å²) in [4.78, 5) is 23.5. The second-order valence-electron chi connectivity index (χ2n) is 6.85. The van der Waals surface area contributed by atoms with Crippen LogP contribution in [0, 0.1) is 0 Å². The molecule has 1 unspecified atom stereocenters. The van der Waals surface area contributed by atoms with Crippen LogP contribution < -0.4 is 15.2 Å². The van der Waals surface area contributed by atoms with E-state index in [9.17, 15) is 4.79 Å². The zero-order valence-corrected chi connectivity index (χ0v) is 16.6. The number of aromatic nitrogens is 3. The van der Waals surface area contributed by atoms with Gasteiger partial charge in [0.2, 0.25) is 5.95 Å². The van der Waals surface area contributed by atoms with Crippen molar-refractivity contribution in [1.82, 2.24) is 14.5 Å². The second kappa shape index (κ2) is 8.45. The minimum atomic E-state index is -0.159. The summed E-state index contributed by atoms with van der Waals surface area (Å²) >= 11 is 0. The molecule has 1 aromatic carbocycles. The van der Waals surface area contributed by atoms with E-state index in [1.165, 1.54) is 0 Å². The van der Waals surface area contributed by atoms with Crippen LogP contribution in [0.3, 0.4) is 0 Å². The maximum Gasteiger partial charge on any atom is 0.255 e. The first-order valence-electron chi connectivity index (χ1n) is 9.74. The molecule has 0 bridgehead atoms. The van der Waals surface area contributed by atoms with E-state index >= 15 is 0 Å². The van der Waals surface area contributed by atoms with Gasteiger partial charge in [0.05, 0.1) is 25.5 Å². The first-order chi connectivity index (χ1) is 14.2. The lowest BCUT2D eigenvalue weighted by Gasteiger charge is -2.35. The zero-order chi connectivity index (χ0) is 20.2. The normalized spacial score (nSPS) is 16.6. The number of pyridine rings is 1. The fourth-order valence-electron chi connectivity index (χ4n) is 3.53. The second-order valence-corrected chi connectivity index (χ2v) is 6.85. The van der Waals surface area contributed by atoms with Crippen LogP contribution in [-0.4, -0.2) is 40.8 Å². The van der Waals surface area contributed by atoms with Crippen LogP contribution >= 0.6 is 0 Å². The van der Waals surface area contributed by atoms with E-state index in [2.05, 4.69) is 9.88 Å². The molecule has 3 aromatic rings. The van der Waals surface area contributed by atoms with E-state index < -0.39 is 0 Å². The van der Waals surface area contributed by atoms with Gasteiger partial charge in [0.15, 0.2) is 0 Å². The molecule has 7 heteroatoms. The zero-order valence-electron chi connectivity index (χ0n) is 16.6. The number of benzene rings is 1. The number of para-hydroxylation sites is 1. The lowest BCUT2D eigenvalue weighted by molar-refractivity contribution is 0.0371. The highest BCUT2D eigenvalue weighted by Gasteiger charge is 2.27. The largest absolute Gasteiger partial charge is 0.493 e. The third kappa shape index (κ3) is 4.00. The molecule has 0 aliphatic carbocycles. The summed E-state index contributed by atoms with van der Waals surface area (Å²) in [5.74, 6) is 1.46. The van der Waals surface area contributed by atoms with Gasteiger partial charge in [-0.1, -0.05) is 18.2 Å². The quantitative estimate of drug-likeness (QED) is 0.665. The van der Waals surface area contributed by atoms with Crippen molar-refractivity contribution in [3.63, 3.8) is 0 Å². The fraction of sp³-hybridized carbons (Fsp3) is 0.318. The van der Waals surface area contributed by atoms with Gasteiger partial charge >= 0.3 is 0 Å². The standard InChI is InChI=1S/C22H24N4O3/c1-3-28-19-7-5-4-6-17(19)20-15-26(12-13-29-20)22-24-18(14-21(27)25(22)2)16-8-10-23-11-9-16/h4-11,14,20H,3,12-13,15H2,1-2H3. The van der Waals surface area contributed by atoms with Crippen LogP contribution in [0.1, 0.15) is 18.6 Å². The molecule has 1 atom stereocenters. The number of anilines is 1. The molecule has 7 nitrogen and oxygen atoms in total. The minimum Gasteiger partial charge on any atom is -0.493 e. The van der Waals surface area contributed by atoms with Crippen LogP contribution in [0.25, 0.3) is 11.3 Å². The summed E-state index contributed by atoms with van der Waals surface area (Å²) in [6.07, 6.45) is 3.24. The van der Waals surface area contributed by atoms with Gasteiger partial charge in [-0.3, -0.25) is 14.3 Å². The highest BCUT2D eigenvalue weighted by Crippen LogP contribution is 2.31. The predicted molar refractivity (Wildman–Crippen MR) is 111 cm³/mol. The highest BCUT2D eigenvalue weighted by molar-refractivity contribution is 5.59. The Kier molecular flexibility index (Phi) is 5.57. The minimum absolute atomic E-state index is 0.0976. The van der Waals surface area contributed by atoms with E-state index in [1.54, 1.807) is 30.1 Å². The first-order valence-corrected chi connectivity index (χ1v) is 9.74. The molecule has 150 valence electrons. The van der Waals surface area contributed by atoms with Crippen LogP contribution in [0.2, 0.25) is 0 Å². The topological polar surface area (TPSA) is 69.5 Å². The Morgan fingerprint density at radius 3 is 2.79 bits per heavy atom. The summed E-state index contributed by atoms with van der Waals surface area (Å²) < 4.78 is 13.4. The molecule has 1 aliphatic heterocycles. The average Bonchev–Trinajstić information content (AvgIpc) is 2.77. The summed E-state index contributed by atoms with van der Waals surface area (Å²) in [5, 5.41) is 0. The summed E-state index contributed by atoms with van der Waals surface area (Å²) in [6.45, 7) is 4.35. The molecule has 4 rings (SSSR count). The van der Waals surface area contributed by atoms with Gasteiger partial charge in [0, 0.05) is 43.2 Å². The van der Waals surface area contributed by atoms with Crippen molar-refractivity contribution >= 4 is 5.95 Å². The molecule has 0 saturated carbocycles. The van der Waals surface area contributed by atoms with E-state index in [1.807, 2.05) is 43.3 Å². The van der Waals surface area contributed by atoms with E-state index in [-0.39, 0.29) is 11.7 Å². The maximum absolute atomic E-state index is 12.6. The average molecular weight is 392 g/mol. The predicted octanol–water partition coefficient (Wildman–Crippen LogP) is 2.82. The van der Waals surface area contributed by atoms with Gasteiger partial charge in [0.1, 0.15) is 11.9 Å². The highest BCUT2D eigenvalue weighted by atomic mass is 16.5. The van der Waals surface area contributed by atoms with E-state index in [0.717, 1.165) is 16.9 Å². The molecule has 0 amide bonds. The molecule has 1 aliphatic rings. The Labute approximate surface area is 169 Å².